The zero-order valence-corrected chi connectivity index (χ0v) is 6.62. The Balaban J connectivity index is 3.10. The average molecular weight is 157 g/mol. The second-order valence-electron chi connectivity index (χ2n) is 2.33. The molecular formula is C8H15NO2. The molecule has 0 radical (unpaired) electrons. The average Bonchev–Trinajstić information content (AvgIpc) is 1.96. The maximum atomic E-state index is 10.0. The maximum absolute atomic E-state index is 10.0. The minimum Gasteiger partial charge on any atom is -0.481 e. The Kier molecular flexibility index (Phi) is 6.73. The Morgan fingerprint density at radius 3 is 2.55 bits per heavy atom. The normalized spacial score (nSPS) is 10.6. The summed E-state index contributed by atoms with van der Waals surface area (Å²) < 4.78 is 0. The van der Waals surface area contributed by atoms with Gasteiger partial charge in [0.25, 0.3) is 0 Å². The van der Waals surface area contributed by atoms with Gasteiger partial charge in [0.05, 0.1) is 0 Å². The SMILES string of the molecule is NCCC/C=C/CCC(=O)O. The van der Waals surface area contributed by atoms with Gasteiger partial charge in [-0.25, -0.2) is 0 Å². The Bertz CT molecular complexity index is 132. The lowest BCUT2D eigenvalue weighted by Gasteiger charge is -1.89. The number of nitrogens with two attached hydrogens (primary N) is 1. The second kappa shape index (κ2) is 7.28. The van der Waals surface area contributed by atoms with Crippen molar-refractivity contribution in [1.29, 1.82) is 0 Å². The van der Waals surface area contributed by atoms with Crippen molar-refractivity contribution in [2.75, 3.05) is 6.54 Å². The predicted molar refractivity (Wildman–Crippen MR) is 44.3 cm³/mol. The summed E-state index contributed by atoms with van der Waals surface area (Å²) in [6.45, 7) is 0.698. The van der Waals surface area contributed by atoms with Crippen molar-refractivity contribution in [3.63, 3.8) is 0 Å². The van der Waals surface area contributed by atoms with Gasteiger partial charge in [-0.15, -0.1) is 0 Å². The number of rotatable bonds is 6. The molecule has 0 bridgehead atoms. The van der Waals surface area contributed by atoms with Gasteiger partial charge in [0.15, 0.2) is 0 Å². The Hall–Kier alpha value is -0.830. The van der Waals surface area contributed by atoms with Crippen LogP contribution in [0.2, 0.25) is 0 Å². The minimum atomic E-state index is -0.742. The first kappa shape index (κ1) is 10.2. The Morgan fingerprint density at radius 2 is 2.00 bits per heavy atom. The summed E-state index contributed by atoms with van der Waals surface area (Å²) >= 11 is 0. The Morgan fingerprint density at radius 1 is 1.36 bits per heavy atom. The molecule has 3 nitrogen and oxygen atoms in total. The van der Waals surface area contributed by atoms with Gasteiger partial charge in [-0.3, -0.25) is 4.79 Å². The van der Waals surface area contributed by atoms with Gasteiger partial charge in [0.1, 0.15) is 0 Å². The number of allylic oxidation sites excluding steroid dienone is 2. The van der Waals surface area contributed by atoms with E-state index in [0.717, 1.165) is 12.8 Å². The van der Waals surface area contributed by atoms with E-state index in [1.54, 1.807) is 0 Å². The zero-order valence-electron chi connectivity index (χ0n) is 6.62. The highest BCUT2D eigenvalue weighted by molar-refractivity contribution is 5.66. The summed E-state index contributed by atoms with van der Waals surface area (Å²) in [5.41, 5.74) is 5.26. The van der Waals surface area contributed by atoms with Gasteiger partial charge in [-0.1, -0.05) is 12.2 Å². The third-order valence-electron chi connectivity index (χ3n) is 1.27. The summed E-state index contributed by atoms with van der Waals surface area (Å²) in [4.78, 5) is 10.0. The highest BCUT2D eigenvalue weighted by Gasteiger charge is 1.90. The lowest BCUT2D eigenvalue weighted by Crippen LogP contribution is -1.96. The quantitative estimate of drug-likeness (QED) is 0.449. The fourth-order valence-electron chi connectivity index (χ4n) is 0.678. The summed E-state index contributed by atoms with van der Waals surface area (Å²) in [6, 6.07) is 0. The number of carboxylic acids is 1. The number of hydrogen-bond donors (Lipinski definition) is 2. The molecule has 0 fully saturated rings. The van der Waals surface area contributed by atoms with Crippen molar-refractivity contribution in [2.45, 2.75) is 25.7 Å². The van der Waals surface area contributed by atoms with Crippen LogP contribution >= 0.6 is 0 Å². The molecule has 0 aliphatic heterocycles. The lowest BCUT2D eigenvalue weighted by molar-refractivity contribution is -0.136. The van der Waals surface area contributed by atoms with Crippen molar-refractivity contribution < 1.29 is 9.90 Å². The van der Waals surface area contributed by atoms with Gasteiger partial charge in [0.2, 0.25) is 0 Å². The van der Waals surface area contributed by atoms with E-state index in [2.05, 4.69) is 0 Å². The largest absolute Gasteiger partial charge is 0.481 e. The van der Waals surface area contributed by atoms with Crippen molar-refractivity contribution in [3.05, 3.63) is 12.2 Å². The van der Waals surface area contributed by atoms with Crippen LogP contribution in [-0.2, 0) is 4.79 Å². The highest BCUT2D eigenvalue weighted by Crippen LogP contribution is 1.94. The van der Waals surface area contributed by atoms with E-state index in [1.807, 2.05) is 12.2 Å². The fourth-order valence-corrected chi connectivity index (χ4v) is 0.678. The predicted octanol–water partition coefficient (Wildman–Crippen LogP) is 1.15. The molecule has 3 heteroatoms. The highest BCUT2D eigenvalue weighted by atomic mass is 16.4. The molecular weight excluding hydrogens is 142 g/mol. The molecule has 64 valence electrons. The number of unbranched alkanes of at least 4 members (excludes halogenated alkanes) is 1. The van der Waals surface area contributed by atoms with Crippen molar-refractivity contribution in [2.24, 2.45) is 5.73 Å². The van der Waals surface area contributed by atoms with Crippen LogP contribution in [-0.4, -0.2) is 17.6 Å². The molecule has 0 rings (SSSR count). The van der Waals surface area contributed by atoms with Gasteiger partial charge < -0.3 is 10.8 Å². The summed E-state index contributed by atoms with van der Waals surface area (Å²) in [5, 5.41) is 8.26. The topological polar surface area (TPSA) is 63.3 Å². The van der Waals surface area contributed by atoms with Crippen LogP contribution in [0.15, 0.2) is 12.2 Å². The van der Waals surface area contributed by atoms with Crippen LogP contribution in [0.3, 0.4) is 0 Å². The van der Waals surface area contributed by atoms with Crippen LogP contribution in [0.5, 0.6) is 0 Å². The first-order chi connectivity index (χ1) is 5.27. The molecule has 0 saturated heterocycles. The molecule has 0 amide bonds. The third-order valence-corrected chi connectivity index (χ3v) is 1.27. The van der Waals surface area contributed by atoms with Crippen LogP contribution in [0.25, 0.3) is 0 Å². The number of aliphatic carboxylic acids is 1. The van der Waals surface area contributed by atoms with E-state index in [9.17, 15) is 4.79 Å². The number of hydrogen-bond acceptors (Lipinski definition) is 2. The smallest absolute Gasteiger partial charge is 0.303 e. The molecule has 11 heavy (non-hydrogen) atoms. The molecule has 0 atom stereocenters. The minimum absolute atomic E-state index is 0.221. The van der Waals surface area contributed by atoms with Gasteiger partial charge in [0, 0.05) is 6.42 Å². The molecule has 0 unspecified atom stereocenters. The molecule has 0 aromatic heterocycles. The molecule has 0 spiro atoms. The van der Waals surface area contributed by atoms with E-state index >= 15 is 0 Å². The lowest BCUT2D eigenvalue weighted by atomic mass is 10.2. The molecule has 0 heterocycles. The monoisotopic (exact) mass is 157 g/mol. The van der Waals surface area contributed by atoms with Gasteiger partial charge >= 0.3 is 5.97 Å². The van der Waals surface area contributed by atoms with Crippen LogP contribution in [0.4, 0.5) is 0 Å². The van der Waals surface area contributed by atoms with Crippen LogP contribution in [0.1, 0.15) is 25.7 Å². The molecule has 0 aliphatic carbocycles. The zero-order chi connectivity index (χ0) is 8.53. The first-order valence-corrected chi connectivity index (χ1v) is 3.84. The number of carbonyl (C=O) groups is 1. The molecule has 0 aromatic rings. The second-order valence-corrected chi connectivity index (χ2v) is 2.33. The van der Waals surface area contributed by atoms with Gasteiger partial charge in [-0.05, 0) is 25.8 Å². The summed E-state index contributed by atoms with van der Waals surface area (Å²) in [6.07, 6.45) is 6.65. The molecule has 0 saturated carbocycles. The third kappa shape index (κ3) is 9.17. The molecule has 0 aromatic carbocycles. The summed E-state index contributed by atoms with van der Waals surface area (Å²) in [7, 11) is 0. The van der Waals surface area contributed by atoms with Crippen molar-refractivity contribution in [1.82, 2.24) is 0 Å². The van der Waals surface area contributed by atoms with Crippen LogP contribution in [0, 0.1) is 0 Å². The van der Waals surface area contributed by atoms with E-state index < -0.39 is 5.97 Å². The standard InChI is InChI=1S/C8H15NO2/c9-7-5-3-1-2-4-6-8(10)11/h1-2H,3-7,9H2,(H,10,11)/b2-1+. The van der Waals surface area contributed by atoms with Crippen molar-refractivity contribution in [3.8, 4) is 0 Å². The van der Waals surface area contributed by atoms with Gasteiger partial charge in [-0.2, -0.15) is 0 Å². The first-order valence-electron chi connectivity index (χ1n) is 3.84. The molecule has 0 aliphatic rings. The Labute approximate surface area is 66.9 Å². The van der Waals surface area contributed by atoms with Crippen LogP contribution < -0.4 is 5.73 Å². The van der Waals surface area contributed by atoms with E-state index in [-0.39, 0.29) is 6.42 Å². The molecule has 3 N–H and O–H groups in total. The van der Waals surface area contributed by atoms with E-state index in [0.29, 0.717) is 13.0 Å². The van der Waals surface area contributed by atoms with E-state index in [1.165, 1.54) is 0 Å². The van der Waals surface area contributed by atoms with Crippen molar-refractivity contribution >= 4 is 5.97 Å². The van der Waals surface area contributed by atoms with E-state index in [4.69, 9.17) is 10.8 Å². The summed E-state index contributed by atoms with van der Waals surface area (Å²) in [5.74, 6) is -0.742. The fraction of sp³-hybridized carbons (Fsp3) is 0.625. The number of carboxylic acid groups (broad SMARTS) is 1. The maximum Gasteiger partial charge on any atom is 0.303 e.